The van der Waals surface area contributed by atoms with E-state index >= 15 is 0 Å². The summed E-state index contributed by atoms with van der Waals surface area (Å²) in [6.07, 6.45) is 8.09. The van der Waals surface area contributed by atoms with Crippen LogP contribution in [0.1, 0.15) is 80.3 Å². The van der Waals surface area contributed by atoms with Gasteiger partial charge in [-0.05, 0) is 98.2 Å². The van der Waals surface area contributed by atoms with Gasteiger partial charge in [0.05, 0.1) is 17.4 Å². The third-order valence-corrected chi connectivity index (χ3v) is 10.6. The molecule has 3 amide bonds. The van der Waals surface area contributed by atoms with E-state index in [1.165, 1.54) is 17.5 Å². The van der Waals surface area contributed by atoms with Crippen molar-refractivity contribution >= 4 is 29.1 Å². The molecule has 0 saturated carbocycles. The fourth-order valence-electron chi connectivity index (χ4n) is 7.60. The van der Waals surface area contributed by atoms with Crippen molar-refractivity contribution in [1.29, 1.82) is 0 Å². The largest absolute Gasteiger partial charge is 0.372 e. The van der Waals surface area contributed by atoms with Crippen LogP contribution >= 0.6 is 0 Å². The van der Waals surface area contributed by atoms with E-state index in [1.54, 1.807) is 41.4 Å². The Labute approximate surface area is 306 Å². The van der Waals surface area contributed by atoms with Crippen LogP contribution in [0, 0.1) is 0 Å². The molecule has 3 N–H and O–H groups in total. The number of aromatic nitrogens is 1. The van der Waals surface area contributed by atoms with E-state index in [-0.39, 0.29) is 23.8 Å². The summed E-state index contributed by atoms with van der Waals surface area (Å²) in [6.45, 7) is 7.23. The zero-order valence-electron chi connectivity index (χ0n) is 30.1. The number of pyridine rings is 1. The van der Waals surface area contributed by atoms with Crippen LogP contribution in [0.4, 0.5) is 11.4 Å². The predicted octanol–water partition coefficient (Wildman–Crippen LogP) is 5.78. The van der Waals surface area contributed by atoms with E-state index in [0.29, 0.717) is 34.6 Å². The second-order valence-electron chi connectivity index (χ2n) is 14.2. The van der Waals surface area contributed by atoms with Crippen LogP contribution in [0.5, 0.6) is 0 Å². The van der Waals surface area contributed by atoms with Gasteiger partial charge in [-0.2, -0.15) is 0 Å². The number of piperazine rings is 1. The number of likely N-dealkylation sites (N-methyl/N-ethyl adjacent to an activating group) is 1. The number of amides is 3. The maximum absolute atomic E-state index is 13.8. The fourth-order valence-corrected chi connectivity index (χ4v) is 7.60. The van der Waals surface area contributed by atoms with Crippen LogP contribution in [0.25, 0.3) is 11.3 Å². The maximum atomic E-state index is 13.8. The quantitative estimate of drug-likeness (QED) is 0.193. The maximum Gasteiger partial charge on any atom is 0.255 e. The van der Waals surface area contributed by atoms with Crippen LogP contribution in [-0.4, -0.2) is 91.9 Å². The van der Waals surface area contributed by atoms with Crippen molar-refractivity contribution in [3.8, 4) is 11.3 Å². The molecular weight excluding hydrogens is 651 g/mol. The molecule has 2 fully saturated rings. The van der Waals surface area contributed by atoms with Crippen LogP contribution in [0.2, 0.25) is 0 Å². The number of aryl methyl sites for hydroxylation is 1. The molecule has 0 bridgehead atoms. The Morgan fingerprint density at radius 1 is 0.827 bits per heavy atom. The summed E-state index contributed by atoms with van der Waals surface area (Å²) in [5.41, 5.74) is 6.82. The van der Waals surface area contributed by atoms with Crippen molar-refractivity contribution in [1.82, 2.24) is 25.4 Å². The van der Waals surface area contributed by atoms with Crippen molar-refractivity contribution in [2.45, 2.75) is 44.6 Å². The number of hydrogen-bond donors (Lipinski definition) is 3. The predicted molar refractivity (Wildman–Crippen MR) is 206 cm³/mol. The Morgan fingerprint density at radius 2 is 1.62 bits per heavy atom. The Kier molecular flexibility index (Phi) is 11.2. The molecule has 270 valence electrons. The van der Waals surface area contributed by atoms with Gasteiger partial charge in [0.15, 0.2) is 0 Å². The Hall–Kier alpha value is -5.06. The molecule has 4 aromatic rings. The first-order chi connectivity index (χ1) is 25.4. The molecule has 2 saturated heterocycles. The molecule has 3 aromatic carbocycles. The number of rotatable bonds is 10. The molecule has 3 heterocycles. The molecule has 2 aliphatic heterocycles. The smallest absolute Gasteiger partial charge is 0.255 e. The summed E-state index contributed by atoms with van der Waals surface area (Å²) >= 11 is 0. The SMILES string of the molecule is CN(CCN1CCNCC1)C(=O)c1cccc(C(=O)Nc2ccc(N3CCCCC3)cc2-c2cc(C(=O)N[C@H]3CCCc4ccccc43)ccn2)c1. The monoisotopic (exact) mass is 699 g/mol. The minimum Gasteiger partial charge on any atom is -0.372 e. The number of anilines is 2. The van der Waals surface area contributed by atoms with Crippen molar-refractivity contribution in [3.05, 3.63) is 113 Å². The summed E-state index contributed by atoms with van der Waals surface area (Å²) in [7, 11) is 1.81. The van der Waals surface area contributed by atoms with E-state index in [1.807, 2.05) is 31.3 Å². The number of fused-ring (bicyclic) bond motifs is 1. The number of carbonyl (C=O) groups excluding carboxylic acids is 3. The van der Waals surface area contributed by atoms with E-state index in [0.717, 1.165) is 89.2 Å². The first kappa shape index (κ1) is 35.3. The van der Waals surface area contributed by atoms with Crippen molar-refractivity contribution in [2.75, 3.05) is 69.6 Å². The fraction of sp³-hybridized carbons (Fsp3) is 0.381. The molecule has 7 rings (SSSR count). The zero-order valence-corrected chi connectivity index (χ0v) is 30.1. The van der Waals surface area contributed by atoms with Gasteiger partial charge in [0.2, 0.25) is 0 Å². The van der Waals surface area contributed by atoms with Gasteiger partial charge < -0.3 is 25.8 Å². The number of nitrogens with one attached hydrogen (secondary N) is 3. The Bertz CT molecular complexity index is 1900. The molecule has 52 heavy (non-hydrogen) atoms. The van der Waals surface area contributed by atoms with Gasteiger partial charge in [0, 0.05) is 93.5 Å². The highest BCUT2D eigenvalue weighted by atomic mass is 16.2. The molecule has 1 atom stereocenters. The highest BCUT2D eigenvalue weighted by molar-refractivity contribution is 6.08. The first-order valence-electron chi connectivity index (χ1n) is 18.8. The molecule has 0 radical (unpaired) electrons. The van der Waals surface area contributed by atoms with Gasteiger partial charge in [0.1, 0.15) is 0 Å². The summed E-state index contributed by atoms with van der Waals surface area (Å²) in [5.74, 6) is -0.593. The molecule has 0 unspecified atom stereocenters. The number of hydrogen-bond acceptors (Lipinski definition) is 7. The minimum absolute atomic E-state index is 0.0407. The van der Waals surface area contributed by atoms with Gasteiger partial charge >= 0.3 is 0 Å². The lowest BCUT2D eigenvalue weighted by Crippen LogP contribution is -2.46. The number of piperidine rings is 1. The van der Waals surface area contributed by atoms with Gasteiger partial charge in [-0.1, -0.05) is 30.3 Å². The molecule has 0 spiro atoms. The molecule has 3 aliphatic rings. The zero-order chi connectivity index (χ0) is 35.9. The number of benzene rings is 3. The Balaban J connectivity index is 1.11. The third-order valence-electron chi connectivity index (χ3n) is 10.6. The average molecular weight is 700 g/mol. The van der Waals surface area contributed by atoms with Crippen molar-refractivity contribution < 1.29 is 14.4 Å². The molecule has 10 nitrogen and oxygen atoms in total. The molecule has 1 aromatic heterocycles. The van der Waals surface area contributed by atoms with Gasteiger partial charge in [0.25, 0.3) is 17.7 Å². The van der Waals surface area contributed by atoms with Crippen molar-refractivity contribution in [3.63, 3.8) is 0 Å². The molecular formula is C42H49N7O3. The highest BCUT2D eigenvalue weighted by Crippen LogP contribution is 2.34. The van der Waals surface area contributed by atoms with Crippen LogP contribution < -0.4 is 20.9 Å². The molecule has 10 heteroatoms. The van der Waals surface area contributed by atoms with Gasteiger partial charge in [-0.25, -0.2) is 0 Å². The van der Waals surface area contributed by atoms with Crippen LogP contribution in [0.3, 0.4) is 0 Å². The Morgan fingerprint density at radius 3 is 2.46 bits per heavy atom. The highest BCUT2D eigenvalue weighted by Gasteiger charge is 2.23. The summed E-state index contributed by atoms with van der Waals surface area (Å²) < 4.78 is 0. The van der Waals surface area contributed by atoms with Crippen LogP contribution in [-0.2, 0) is 6.42 Å². The first-order valence-corrected chi connectivity index (χ1v) is 18.8. The molecule has 1 aliphatic carbocycles. The van der Waals surface area contributed by atoms with E-state index in [4.69, 9.17) is 4.98 Å². The van der Waals surface area contributed by atoms with Gasteiger partial charge in [-0.3, -0.25) is 24.3 Å². The summed E-state index contributed by atoms with van der Waals surface area (Å²) in [6, 6.07) is 24.8. The van der Waals surface area contributed by atoms with E-state index in [9.17, 15) is 14.4 Å². The summed E-state index contributed by atoms with van der Waals surface area (Å²) in [4.78, 5) is 52.0. The topological polar surface area (TPSA) is 110 Å². The standard InChI is InChI=1S/C42H49N7O3/c1-47(25-26-48-23-19-43-20-24-48)42(52)33-12-7-11-31(27-33)40(50)46-38-16-15-34(49-21-5-2-6-22-49)29-36(38)39-28-32(17-18-44-39)41(51)45-37-14-8-10-30-9-3-4-13-35(30)37/h3-4,7,9,11-13,15-18,27-29,37,43H,2,5-6,8,10,14,19-26H2,1H3,(H,45,51)(H,46,50)/t37-/m0/s1. The van der Waals surface area contributed by atoms with E-state index < -0.39 is 0 Å². The summed E-state index contributed by atoms with van der Waals surface area (Å²) in [5, 5.41) is 9.73. The average Bonchev–Trinajstić information content (AvgIpc) is 3.20. The second-order valence-corrected chi connectivity index (χ2v) is 14.2. The lowest BCUT2D eigenvalue weighted by Gasteiger charge is -2.29. The van der Waals surface area contributed by atoms with E-state index in [2.05, 4.69) is 50.0 Å². The normalized spacial score (nSPS) is 17.6. The van der Waals surface area contributed by atoms with Gasteiger partial charge in [-0.15, -0.1) is 0 Å². The lowest BCUT2D eigenvalue weighted by molar-refractivity contribution is 0.0774. The third kappa shape index (κ3) is 8.35. The lowest BCUT2D eigenvalue weighted by atomic mass is 9.87. The number of carbonyl (C=O) groups is 3. The second kappa shape index (κ2) is 16.5. The van der Waals surface area contributed by atoms with Crippen LogP contribution in [0.15, 0.2) is 85.1 Å². The van der Waals surface area contributed by atoms with Crippen molar-refractivity contribution in [2.24, 2.45) is 0 Å². The minimum atomic E-state index is -0.324. The number of nitrogens with zero attached hydrogens (tertiary/aromatic N) is 4.